The van der Waals surface area contributed by atoms with Crippen LogP contribution >= 0.6 is 11.3 Å². The Balaban J connectivity index is 2.00. The third kappa shape index (κ3) is 4.52. The molecule has 1 aliphatic rings. The van der Waals surface area contributed by atoms with Crippen LogP contribution in [-0.2, 0) is 14.8 Å². The molecular weight excluding hydrogens is 368 g/mol. The summed E-state index contributed by atoms with van der Waals surface area (Å²) < 4.78 is 34.5. The van der Waals surface area contributed by atoms with E-state index in [0.29, 0.717) is 10.5 Å². The summed E-state index contributed by atoms with van der Waals surface area (Å²) in [6, 6.07) is 5.52. The molecule has 1 unspecified atom stereocenters. The second-order valence-corrected chi connectivity index (χ2v) is 10.5. The second-order valence-electron chi connectivity index (χ2n) is 7.77. The lowest BCUT2D eigenvalue weighted by Gasteiger charge is -2.21. The molecule has 3 rings (SSSR count). The normalized spacial score (nSPS) is 18.8. The fourth-order valence-electron chi connectivity index (χ4n) is 3.01. The molecule has 1 atom stereocenters. The molecule has 1 aromatic carbocycles. The average molecular weight is 395 g/mol. The van der Waals surface area contributed by atoms with Crippen molar-refractivity contribution in [2.45, 2.75) is 63.5 Å². The molecule has 1 fully saturated rings. The molecule has 0 saturated carbocycles. The lowest BCUT2D eigenvalue weighted by molar-refractivity contribution is 0.0148. The first-order chi connectivity index (χ1) is 12.2. The maximum absolute atomic E-state index is 13.0. The first-order valence-corrected chi connectivity index (χ1v) is 11.2. The summed E-state index contributed by atoms with van der Waals surface area (Å²) in [6.07, 6.45) is 4.99. The van der Waals surface area contributed by atoms with Gasteiger partial charge >= 0.3 is 0 Å². The van der Waals surface area contributed by atoms with Crippen molar-refractivity contribution in [3.8, 4) is 10.4 Å². The molecule has 0 bridgehead atoms. The minimum absolute atomic E-state index is 0.0284. The number of aryl methyl sites for hydroxylation is 1. The summed E-state index contributed by atoms with van der Waals surface area (Å²) in [6.45, 7) is 8.18. The number of hydrogen-bond donors (Lipinski definition) is 1. The van der Waals surface area contributed by atoms with Crippen LogP contribution in [0.1, 0.15) is 56.7 Å². The molecule has 1 aliphatic heterocycles. The smallest absolute Gasteiger partial charge is 0.241 e. The first kappa shape index (κ1) is 19.5. The Hall–Kier alpha value is -1.28. The molecule has 0 spiro atoms. The molecule has 142 valence electrons. The molecule has 0 aliphatic carbocycles. The van der Waals surface area contributed by atoms with E-state index in [1.54, 1.807) is 12.3 Å². The van der Waals surface area contributed by atoms with E-state index >= 15 is 0 Å². The highest BCUT2D eigenvalue weighted by atomic mass is 32.2. The Morgan fingerprint density at radius 3 is 2.69 bits per heavy atom. The van der Waals surface area contributed by atoms with E-state index in [9.17, 15) is 8.42 Å². The van der Waals surface area contributed by atoms with Crippen LogP contribution in [0.3, 0.4) is 0 Å². The van der Waals surface area contributed by atoms with Crippen LogP contribution in [0.4, 0.5) is 0 Å². The van der Waals surface area contributed by atoms with Crippen molar-refractivity contribution in [3.63, 3.8) is 0 Å². The van der Waals surface area contributed by atoms with Crippen molar-refractivity contribution >= 4 is 21.4 Å². The van der Waals surface area contributed by atoms with Crippen LogP contribution < -0.4 is 4.72 Å². The minimum atomic E-state index is -3.64. The van der Waals surface area contributed by atoms with Gasteiger partial charge in [0, 0.05) is 23.9 Å². The Morgan fingerprint density at radius 2 is 2.04 bits per heavy atom. The summed E-state index contributed by atoms with van der Waals surface area (Å²) in [5.74, 6) is 0. The molecule has 26 heavy (non-hydrogen) atoms. The zero-order valence-electron chi connectivity index (χ0n) is 15.7. The van der Waals surface area contributed by atoms with Crippen LogP contribution in [0.25, 0.3) is 10.4 Å². The number of nitrogens with zero attached hydrogens (tertiary/aromatic N) is 1. The quantitative estimate of drug-likeness (QED) is 0.832. The molecule has 7 heteroatoms. The van der Waals surface area contributed by atoms with Gasteiger partial charge in [-0.05, 0) is 58.6 Å². The third-order valence-corrected chi connectivity index (χ3v) is 7.03. The summed E-state index contributed by atoms with van der Waals surface area (Å²) in [4.78, 5) is 5.66. The Labute approximate surface area is 159 Å². The van der Waals surface area contributed by atoms with Crippen molar-refractivity contribution in [2.75, 3.05) is 6.61 Å². The van der Waals surface area contributed by atoms with E-state index in [1.165, 1.54) is 11.3 Å². The number of sulfonamides is 1. The number of hydrogen-bond acceptors (Lipinski definition) is 5. The van der Waals surface area contributed by atoms with Gasteiger partial charge < -0.3 is 4.74 Å². The molecule has 1 saturated heterocycles. The predicted molar refractivity (Wildman–Crippen MR) is 105 cm³/mol. The van der Waals surface area contributed by atoms with Gasteiger partial charge in [0.1, 0.15) is 11.1 Å². The zero-order chi connectivity index (χ0) is 18.9. The molecular formula is C19H26N2O3S2. The van der Waals surface area contributed by atoms with Gasteiger partial charge in [-0.1, -0.05) is 12.1 Å². The molecule has 0 radical (unpaired) electrons. The van der Waals surface area contributed by atoms with E-state index in [4.69, 9.17) is 4.74 Å². The topological polar surface area (TPSA) is 68.3 Å². The Morgan fingerprint density at radius 1 is 1.27 bits per heavy atom. The average Bonchev–Trinajstić information content (AvgIpc) is 3.03. The van der Waals surface area contributed by atoms with E-state index in [2.05, 4.69) is 9.71 Å². The SMILES string of the molecule is Cc1ccc(-c2cnc(C3CCCCO3)s2)c(S(=O)(=O)NC(C)(C)C)c1. The highest BCUT2D eigenvalue weighted by Crippen LogP contribution is 2.37. The number of rotatable bonds is 4. The highest BCUT2D eigenvalue weighted by Gasteiger charge is 2.27. The number of benzene rings is 1. The summed E-state index contributed by atoms with van der Waals surface area (Å²) >= 11 is 1.52. The lowest BCUT2D eigenvalue weighted by Crippen LogP contribution is -2.40. The maximum Gasteiger partial charge on any atom is 0.241 e. The highest BCUT2D eigenvalue weighted by molar-refractivity contribution is 7.89. The van der Waals surface area contributed by atoms with E-state index in [0.717, 1.165) is 41.3 Å². The molecule has 1 aromatic heterocycles. The fraction of sp³-hybridized carbons (Fsp3) is 0.526. The van der Waals surface area contributed by atoms with Gasteiger partial charge in [0.15, 0.2) is 0 Å². The van der Waals surface area contributed by atoms with Crippen LogP contribution in [0, 0.1) is 6.92 Å². The Kier molecular flexibility index (Phi) is 5.53. The number of nitrogens with one attached hydrogen (secondary N) is 1. The maximum atomic E-state index is 13.0. The van der Waals surface area contributed by atoms with Gasteiger partial charge in [0.05, 0.1) is 9.77 Å². The van der Waals surface area contributed by atoms with Gasteiger partial charge in [-0.15, -0.1) is 11.3 Å². The van der Waals surface area contributed by atoms with Crippen LogP contribution in [0.2, 0.25) is 0 Å². The predicted octanol–water partition coefficient (Wildman–Crippen LogP) is 4.44. The van der Waals surface area contributed by atoms with E-state index in [1.807, 2.05) is 39.8 Å². The molecule has 2 aromatic rings. The number of ether oxygens (including phenoxy) is 1. The first-order valence-electron chi connectivity index (χ1n) is 8.88. The lowest BCUT2D eigenvalue weighted by atomic mass is 10.1. The van der Waals surface area contributed by atoms with Gasteiger partial charge in [-0.25, -0.2) is 18.1 Å². The largest absolute Gasteiger partial charge is 0.371 e. The summed E-state index contributed by atoms with van der Waals surface area (Å²) in [5.41, 5.74) is 1.05. The summed E-state index contributed by atoms with van der Waals surface area (Å²) in [7, 11) is -3.64. The van der Waals surface area contributed by atoms with E-state index < -0.39 is 15.6 Å². The Bertz CT molecular complexity index is 876. The van der Waals surface area contributed by atoms with Gasteiger partial charge in [-0.3, -0.25) is 0 Å². The molecule has 0 amide bonds. The molecule has 2 heterocycles. The fourth-order valence-corrected chi connectivity index (χ4v) is 5.84. The van der Waals surface area contributed by atoms with Gasteiger partial charge in [0.25, 0.3) is 0 Å². The molecule has 5 nitrogen and oxygen atoms in total. The van der Waals surface area contributed by atoms with Crippen molar-refractivity contribution in [1.82, 2.24) is 9.71 Å². The monoisotopic (exact) mass is 394 g/mol. The van der Waals surface area contributed by atoms with Crippen molar-refractivity contribution < 1.29 is 13.2 Å². The van der Waals surface area contributed by atoms with Crippen molar-refractivity contribution in [1.29, 1.82) is 0 Å². The van der Waals surface area contributed by atoms with Crippen LogP contribution in [-0.4, -0.2) is 25.5 Å². The molecule has 1 N–H and O–H groups in total. The number of aromatic nitrogens is 1. The van der Waals surface area contributed by atoms with Gasteiger partial charge in [-0.2, -0.15) is 0 Å². The third-order valence-electron chi connectivity index (χ3n) is 4.11. The second kappa shape index (κ2) is 7.38. The van der Waals surface area contributed by atoms with Crippen LogP contribution in [0.5, 0.6) is 0 Å². The van der Waals surface area contributed by atoms with Crippen molar-refractivity contribution in [2.24, 2.45) is 0 Å². The number of thiazole rings is 1. The van der Waals surface area contributed by atoms with E-state index in [-0.39, 0.29) is 6.10 Å². The zero-order valence-corrected chi connectivity index (χ0v) is 17.3. The van der Waals surface area contributed by atoms with Crippen LogP contribution in [0.15, 0.2) is 29.3 Å². The summed E-state index contributed by atoms with van der Waals surface area (Å²) in [5, 5.41) is 0.924. The van der Waals surface area contributed by atoms with Crippen molar-refractivity contribution in [3.05, 3.63) is 35.0 Å². The minimum Gasteiger partial charge on any atom is -0.371 e. The standard InChI is InChI=1S/C19H26N2O3S2/c1-13-8-9-14(17(11-13)26(22,23)21-19(2,3)4)16-12-20-18(25-16)15-7-5-6-10-24-15/h8-9,11-12,15,21H,5-7,10H2,1-4H3. The van der Waals surface area contributed by atoms with Gasteiger partial charge in [0.2, 0.25) is 10.0 Å².